The van der Waals surface area contributed by atoms with Crippen LogP contribution in [0.3, 0.4) is 0 Å². The van der Waals surface area contributed by atoms with E-state index in [0.29, 0.717) is 11.7 Å². The minimum absolute atomic E-state index is 0.599. The Bertz CT molecular complexity index is 653. The van der Waals surface area contributed by atoms with Crippen LogP contribution in [0, 0.1) is 6.92 Å². The van der Waals surface area contributed by atoms with Gasteiger partial charge in [0.25, 0.3) is 0 Å². The summed E-state index contributed by atoms with van der Waals surface area (Å²) in [6, 6.07) is 14.1. The van der Waals surface area contributed by atoms with Crippen molar-refractivity contribution in [1.82, 2.24) is 5.32 Å². The van der Waals surface area contributed by atoms with Crippen LogP contribution in [0.25, 0.3) is 0 Å². The average molecular weight is 334 g/mol. The predicted molar refractivity (Wildman–Crippen MR) is 100 cm³/mol. The quantitative estimate of drug-likeness (QED) is 0.820. The second kappa shape index (κ2) is 7.47. The molecule has 0 unspecified atom stereocenters. The van der Waals surface area contributed by atoms with Gasteiger partial charge in [-0.3, -0.25) is 0 Å². The molecule has 0 saturated carbocycles. The Hall–Kier alpha value is -1.78. The minimum atomic E-state index is 0.599. The number of nitrogens with one attached hydrogen (secondary N) is 2. The Labute approximate surface area is 142 Å². The summed E-state index contributed by atoms with van der Waals surface area (Å²) in [5, 5.41) is 7.73. The van der Waals surface area contributed by atoms with Crippen LogP contribution in [0.1, 0.15) is 11.1 Å². The van der Waals surface area contributed by atoms with Gasteiger partial charge in [0.1, 0.15) is 0 Å². The summed E-state index contributed by atoms with van der Waals surface area (Å²) < 4.78 is 0. The van der Waals surface area contributed by atoms with Crippen molar-refractivity contribution in [3.05, 3.63) is 58.6 Å². The van der Waals surface area contributed by atoms with Gasteiger partial charge >= 0.3 is 0 Å². The summed E-state index contributed by atoms with van der Waals surface area (Å²) in [5.74, 6) is 0. The van der Waals surface area contributed by atoms with Crippen molar-refractivity contribution in [3.8, 4) is 0 Å². The molecule has 2 aromatic rings. The van der Waals surface area contributed by atoms with E-state index in [2.05, 4.69) is 39.8 Å². The van der Waals surface area contributed by atoms with E-state index < -0.39 is 0 Å². The number of hydrogen-bond donors (Lipinski definition) is 2. The monoisotopic (exact) mass is 333 g/mol. The zero-order valence-corrected chi connectivity index (χ0v) is 14.6. The van der Waals surface area contributed by atoms with Crippen molar-refractivity contribution in [2.45, 2.75) is 13.5 Å². The van der Waals surface area contributed by atoms with Crippen LogP contribution in [0.4, 0.5) is 11.4 Å². The number of thiocarbonyl (C=S) groups is 1. The third-order valence-electron chi connectivity index (χ3n) is 3.34. The molecule has 116 valence electrons. The molecule has 0 spiro atoms. The van der Waals surface area contributed by atoms with Gasteiger partial charge in [0.2, 0.25) is 0 Å². The van der Waals surface area contributed by atoms with Crippen LogP contribution in [0.5, 0.6) is 0 Å². The highest BCUT2D eigenvalue weighted by Crippen LogP contribution is 2.19. The van der Waals surface area contributed by atoms with Crippen LogP contribution in [-0.2, 0) is 6.54 Å². The van der Waals surface area contributed by atoms with Crippen molar-refractivity contribution >= 4 is 40.3 Å². The number of rotatable bonds is 4. The summed E-state index contributed by atoms with van der Waals surface area (Å²) in [5.41, 5.74) is 4.39. The highest BCUT2D eigenvalue weighted by molar-refractivity contribution is 7.80. The summed E-state index contributed by atoms with van der Waals surface area (Å²) in [6.45, 7) is 2.68. The van der Waals surface area contributed by atoms with E-state index in [1.807, 2.05) is 39.2 Å². The highest BCUT2D eigenvalue weighted by atomic mass is 35.5. The normalized spacial score (nSPS) is 10.2. The van der Waals surface area contributed by atoms with Crippen molar-refractivity contribution in [3.63, 3.8) is 0 Å². The van der Waals surface area contributed by atoms with Crippen molar-refractivity contribution < 1.29 is 0 Å². The summed E-state index contributed by atoms with van der Waals surface area (Å²) >= 11 is 11.3. The van der Waals surface area contributed by atoms with Crippen LogP contribution in [-0.4, -0.2) is 19.2 Å². The molecule has 0 heterocycles. The first-order valence-corrected chi connectivity index (χ1v) is 7.81. The molecule has 0 fully saturated rings. The number of aryl methyl sites for hydroxylation is 1. The summed E-state index contributed by atoms with van der Waals surface area (Å²) in [4.78, 5) is 2.08. The Kier molecular flexibility index (Phi) is 5.63. The molecule has 0 radical (unpaired) electrons. The Morgan fingerprint density at radius 2 is 1.82 bits per heavy atom. The molecular weight excluding hydrogens is 314 g/mol. The minimum Gasteiger partial charge on any atom is -0.378 e. The Balaban J connectivity index is 1.89. The first kappa shape index (κ1) is 16.6. The maximum Gasteiger partial charge on any atom is 0.171 e. The Morgan fingerprint density at radius 1 is 1.14 bits per heavy atom. The maximum atomic E-state index is 5.95. The van der Waals surface area contributed by atoms with Gasteiger partial charge in [-0.15, -0.1) is 0 Å². The SMILES string of the molecule is Cc1cc(Cl)ccc1NC(=S)NCc1ccc(N(C)C)cc1. The summed E-state index contributed by atoms with van der Waals surface area (Å²) in [7, 11) is 4.06. The molecule has 0 saturated heterocycles. The first-order chi connectivity index (χ1) is 10.5. The van der Waals surface area contributed by atoms with Crippen molar-refractivity contribution in [2.24, 2.45) is 0 Å². The highest BCUT2D eigenvalue weighted by Gasteiger charge is 2.02. The van der Waals surface area contributed by atoms with E-state index in [1.165, 1.54) is 11.3 Å². The largest absolute Gasteiger partial charge is 0.378 e. The number of nitrogens with zero attached hydrogens (tertiary/aromatic N) is 1. The second-order valence-electron chi connectivity index (χ2n) is 5.33. The first-order valence-electron chi connectivity index (χ1n) is 7.03. The topological polar surface area (TPSA) is 27.3 Å². The van der Waals surface area contributed by atoms with E-state index in [9.17, 15) is 0 Å². The number of halogens is 1. The average Bonchev–Trinajstić information content (AvgIpc) is 2.48. The molecule has 0 aromatic heterocycles. The smallest absolute Gasteiger partial charge is 0.171 e. The summed E-state index contributed by atoms with van der Waals surface area (Å²) in [6.07, 6.45) is 0. The third-order valence-corrected chi connectivity index (χ3v) is 3.82. The Morgan fingerprint density at radius 3 is 2.41 bits per heavy atom. The molecule has 0 aliphatic rings. The lowest BCUT2D eigenvalue weighted by Crippen LogP contribution is -2.28. The van der Waals surface area contributed by atoms with E-state index in [1.54, 1.807) is 0 Å². The van der Waals surface area contributed by atoms with Gasteiger partial charge in [-0.25, -0.2) is 0 Å². The number of anilines is 2. The fourth-order valence-electron chi connectivity index (χ4n) is 2.03. The molecule has 0 bridgehead atoms. The molecule has 2 aromatic carbocycles. The molecule has 2 N–H and O–H groups in total. The standard InChI is InChI=1S/C17H20ClN3S/c1-12-10-14(18)6-9-16(12)20-17(22)19-11-13-4-7-15(8-5-13)21(2)3/h4-10H,11H2,1-3H3,(H2,19,20,22). The van der Waals surface area contributed by atoms with Crippen LogP contribution in [0.15, 0.2) is 42.5 Å². The van der Waals surface area contributed by atoms with Gasteiger partial charge in [0.05, 0.1) is 0 Å². The van der Waals surface area contributed by atoms with Crippen LogP contribution < -0.4 is 15.5 Å². The van der Waals surface area contributed by atoms with Gasteiger partial charge in [-0.2, -0.15) is 0 Å². The van der Waals surface area contributed by atoms with Gasteiger partial charge in [-0.05, 0) is 60.6 Å². The van der Waals surface area contributed by atoms with Crippen LogP contribution >= 0.6 is 23.8 Å². The molecule has 3 nitrogen and oxygen atoms in total. The van der Waals surface area contributed by atoms with Gasteiger partial charge in [0.15, 0.2) is 5.11 Å². The predicted octanol–water partition coefficient (Wildman–Crippen LogP) is 4.20. The van der Waals surface area contributed by atoms with E-state index in [-0.39, 0.29) is 0 Å². The molecule has 5 heteroatoms. The fraction of sp³-hybridized carbons (Fsp3) is 0.235. The fourth-order valence-corrected chi connectivity index (χ4v) is 2.44. The second-order valence-corrected chi connectivity index (χ2v) is 6.17. The molecule has 22 heavy (non-hydrogen) atoms. The molecule has 0 aliphatic carbocycles. The zero-order chi connectivity index (χ0) is 16.1. The molecular formula is C17H20ClN3S. The zero-order valence-electron chi connectivity index (χ0n) is 13.0. The van der Waals surface area contributed by atoms with E-state index >= 15 is 0 Å². The van der Waals surface area contributed by atoms with Gasteiger partial charge in [0, 0.05) is 37.0 Å². The lowest BCUT2D eigenvalue weighted by molar-refractivity contribution is 0.925. The lowest BCUT2D eigenvalue weighted by Gasteiger charge is -2.14. The molecule has 2 rings (SSSR count). The van der Waals surface area contributed by atoms with Gasteiger partial charge < -0.3 is 15.5 Å². The third kappa shape index (κ3) is 4.61. The van der Waals surface area contributed by atoms with E-state index in [0.717, 1.165) is 16.3 Å². The molecule has 0 amide bonds. The van der Waals surface area contributed by atoms with Crippen LogP contribution in [0.2, 0.25) is 5.02 Å². The van der Waals surface area contributed by atoms with E-state index in [4.69, 9.17) is 23.8 Å². The number of benzene rings is 2. The molecule has 0 aliphatic heterocycles. The van der Waals surface area contributed by atoms with Crippen molar-refractivity contribution in [2.75, 3.05) is 24.3 Å². The number of hydrogen-bond acceptors (Lipinski definition) is 2. The lowest BCUT2D eigenvalue weighted by atomic mass is 10.2. The molecule has 0 atom stereocenters. The van der Waals surface area contributed by atoms with Crippen molar-refractivity contribution in [1.29, 1.82) is 0 Å². The maximum absolute atomic E-state index is 5.95. The van der Waals surface area contributed by atoms with Gasteiger partial charge in [-0.1, -0.05) is 23.7 Å².